The number of carbonyl (C=O) groups excluding carboxylic acids is 2. The van der Waals surface area contributed by atoms with Crippen LogP contribution in [0.1, 0.15) is 36.7 Å². The predicted octanol–water partition coefficient (Wildman–Crippen LogP) is 2.81. The van der Waals surface area contributed by atoms with Crippen molar-refractivity contribution >= 4 is 29.4 Å². The van der Waals surface area contributed by atoms with Crippen LogP contribution in [-0.4, -0.2) is 73.4 Å². The van der Waals surface area contributed by atoms with Crippen LogP contribution in [0.15, 0.2) is 41.5 Å². The van der Waals surface area contributed by atoms with Gasteiger partial charge in [0.25, 0.3) is 17.5 Å². The zero-order valence-electron chi connectivity index (χ0n) is 21.2. The summed E-state index contributed by atoms with van der Waals surface area (Å²) in [7, 11) is 1.47. The molecule has 198 valence electrons. The van der Waals surface area contributed by atoms with E-state index < -0.39 is 10.8 Å². The number of amides is 2. The first-order chi connectivity index (χ1) is 17.7. The number of hydrogen-bond donors (Lipinski definition) is 2. The van der Waals surface area contributed by atoms with Gasteiger partial charge in [-0.15, -0.1) is 0 Å². The van der Waals surface area contributed by atoms with Crippen molar-refractivity contribution in [1.29, 1.82) is 0 Å². The molecule has 0 unspecified atom stereocenters. The maximum atomic E-state index is 12.6. The summed E-state index contributed by atoms with van der Waals surface area (Å²) in [6.45, 7) is 7.05. The molecule has 1 fully saturated rings. The fraction of sp³-hybridized carbons (Fsp3) is 0.400. The maximum Gasteiger partial charge on any atom is 0.293 e. The first-order valence-electron chi connectivity index (χ1n) is 11.8. The van der Waals surface area contributed by atoms with Gasteiger partial charge >= 0.3 is 0 Å². The molecular weight excluding hydrogens is 482 g/mol. The monoisotopic (exact) mass is 513 g/mol. The summed E-state index contributed by atoms with van der Waals surface area (Å²) in [5.41, 5.74) is 3.18. The van der Waals surface area contributed by atoms with Crippen LogP contribution in [0.5, 0.6) is 11.5 Å². The van der Waals surface area contributed by atoms with Crippen molar-refractivity contribution in [3.63, 3.8) is 0 Å². The number of ether oxygens (including phenoxy) is 3. The average molecular weight is 514 g/mol. The summed E-state index contributed by atoms with van der Waals surface area (Å²) >= 11 is 0. The van der Waals surface area contributed by atoms with Crippen LogP contribution < -0.4 is 20.2 Å². The Hall–Kier alpha value is -4.19. The SMILES string of the molecule is CCNc1ccc(C(=O)N/N=C\c2ccc(OCC(=O)N3C[C@@H](C)O[C@H](C)C3)c(OC)c2)cc1[N+](=O)[O-]. The van der Waals surface area contributed by atoms with Crippen molar-refractivity contribution in [3.05, 3.63) is 57.6 Å². The first-order valence-corrected chi connectivity index (χ1v) is 11.8. The van der Waals surface area contributed by atoms with Crippen LogP contribution in [0.4, 0.5) is 11.4 Å². The molecule has 37 heavy (non-hydrogen) atoms. The lowest BCUT2D eigenvalue weighted by Crippen LogP contribution is -2.49. The molecule has 2 amide bonds. The summed E-state index contributed by atoms with van der Waals surface area (Å²) in [4.78, 5) is 37.5. The van der Waals surface area contributed by atoms with Crippen molar-refractivity contribution in [3.8, 4) is 11.5 Å². The number of benzene rings is 2. The minimum absolute atomic E-state index is 0.0335. The Morgan fingerprint density at radius 2 is 1.92 bits per heavy atom. The molecule has 0 radical (unpaired) electrons. The van der Waals surface area contributed by atoms with E-state index in [2.05, 4.69) is 15.8 Å². The lowest BCUT2D eigenvalue weighted by Gasteiger charge is -2.35. The lowest BCUT2D eigenvalue weighted by molar-refractivity contribution is -0.384. The summed E-state index contributed by atoms with van der Waals surface area (Å²) in [5.74, 6) is 0.0386. The normalized spacial score (nSPS) is 17.4. The molecule has 1 heterocycles. The second-order valence-electron chi connectivity index (χ2n) is 8.47. The molecule has 2 N–H and O–H groups in total. The zero-order valence-corrected chi connectivity index (χ0v) is 21.2. The number of nitrogens with one attached hydrogen (secondary N) is 2. The van der Waals surface area contributed by atoms with Crippen molar-refractivity contribution in [2.75, 3.05) is 38.7 Å². The molecule has 2 atom stereocenters. The molecule has 2 aromatic rings. The van der Waals surface area contributed by atoms with Crippen LogP contribution in [0.3, 0.4) is 0 Å². The van der Waals surface area contributed by atoms with E-state index in [1.807, 2.05) is 20.8 Å². The van der Waals surface area contributed by atoms with Gasteiger partial charge in [-0.1, -0.05) is 0 Å². The van der Waals surface area contributed by atoms with Crippen molar-refractivity contribution in [1.82, 2.24) is 10.3 Å². The lowest BCUT2D eigenvalue weighted by atomic mass is 10.1. The van der Waals surface area contributed by atoms with Gasteiger partial charge < -0.3 is 24.4 Å². The third-order valence-corrected chi connectivity index (χ3v) is 5.51. The van der Waals surface area contributed by atoms with Gasteiger partial charge in [0.2, 0.25) is 0 Å². The molecule has 0 aliphatic carbocycles. The van der Waals surface area contributed by atoms with Crippen LogP contribution in [0.2, 0.25) is 0 Å². The predicted molar refractivity (Wildman–Crippen MR) is 137 cm³/mol. The molecule has 0 spiro atoms. The third-order valence-electron chi connectivity index (χ3n) is 5.51. The molecule has 0 bridgehead atoms. The van der Waals surface area contributed by atoms with Gasteiger partial charge in [0.1, 0.15) is 5.69 Å². The Bertz CT molecular complexity index is 1160. The number of anilines is 1. The summed E-state index contributed by atoms with van der Waals surface area (Å²) in [6, 6.07) is 9.12. The quantitative estimate of drug-likeness (QED) is 0.280. The number of carbonyl (C=O) groups is 2. The second-order valence-corrected chi connectivity index (χ2v) is 8.47. The number of nitrogens with zero attached hydrogens (tertiary/aromatic N) is 3. The van der Waals surface area contributed by atoms with E-state index in [0.29, 0.717) is 42.4 Å². The zero-order chi connectivity index (χ0) is 26.9. The smallest absolute Gasteiger partial charge is 0.293 e. The second kappa shape index (κ2) is 12.7. The Balaban J connectivity index is 1.60. The van der Waals surface area contributed by atoms with Gasteiger partial charge in [0.15, 0.2) is 18.1 Å². The molecule has 12 heteroatoms. The Kier molecular flexibility index (Phi) is 9.39. The highest BCUT2D eigenvalue weighted by Gasteiger charge is 2.26. The highest BCUT2D eigenvalue weighted by atomic mass is 16.6. The summed E-state index contributed by atoms with van der Waals surface area (Å²) in [5, 5.41) is 18.1. The van der Waals surface area contributed by atoms with Crippen LogP contribution >= 0.6 is 0 Å². The third kappa shape index (κ3) is 7.40. The molecule has 0 saturated carbocycles. The number of hydrogen-bond acceptors (Lipinski definition) is 9. The highest BCUT2D eigenvalue weighted by molar-refractivity contribution is 5.96. The van der Waals surface area contributed by atoms with E-state index in [1.54, 1.807) is 23.1 Å². The first kappa shape index (κ1) is 27.4. The van der Waals surface area contributed by atoms with Gasteiger partial charge in [-0.25, -0.2) is 5.43 Å². The number of nitro groups is 1. The number of rotatable bonds is 10. The van der Waals surface area contributed by atoms with E-state index in [9.17, 15) is 19.7 Å². The highest BCUT2D eigenvalue weighted by Crippen LogP contribution is 2.28. The molecule has 1 aliphatic heterocycles. The number of morpholine rings is 1. The van der Waals surface area contributed by atoms with Gasteiger partial charge in [0.05, 0.1) is 30.5 Å². The molecule has 12 nitrogen and oxygen atoms in total. The molecule has 1 saturated heterocycles. The number of nitro benzene ring substituents is 1. The molecule has 3 rings (SSSR count). The van der Waals surface area contributed by atoms with Crippen LogP contribution in [-0.2, 0) is 9.53 Å². The summed E-state index contributed by atoms with van der Waals surface area (Å²) in [6.07, 6.45) is 1.33. The Labute approximate surface area is 214 Å². The molecule has 0 aromatic heterocycles. The largest absolute Gasteiger partial charge is 0.493 e. The topological polar surface area (TPSA) is 145 Å². The maximum absolute atomic E-state index is 12.6. The number of methoxy groups -OCH3 is 1. The number of hydrazone groups is 1. The van der Waals surface area contributed by atoms with Crippen molar-refractivity contribution in [2.45, 2.75) is 33.0 Å². The van der Waals surface area contributed by atoms with Crippen molar-refractivity contribution < 1.29 is 28.7 Å². The average Bonchev–Trinajstić information content (AvgIpc) is 2.87. The minimum Gasteiger partial charge on any atom is -0.493 e. The summed E-state index contributed by atoms with van der Waals surface area (Å²) < 4.78 is 16.7. The fourth-order valence-electron chi connectivity index (χ4n) is 3.89. The van der Waals surface area contributed by atoms with E-state index in [4.69, 9.17) is 14.2 Å². The van der Waals surface area contributed by atoms with E-state index in [-0.39, 0.29) is 36.0 Å². The van der Waals surface area contributed by atoms with Gasteiger partial charge in [0, 0.05) is 31.3 Å². The van der Waals surface area contributed by atoms with Crippen LogP contribution in [0, 0.1) is 10.1 Å². The van der Waals surface area contributed by atoms with Gasteiger partial charge in [-0.05, 0) is 56.7 Å². The van der Waals surface area contributed by atoms with Gasteiger partial charge in [-0.3, -0.25) is 19.7 Å². The van der Waals surface area contributed by atoms with E-state index >= 15 is 0 Å². The van der Waals surface area contributed by atoms with Gasteiger partial charge in [-0.2, -0.15) is 5.10 Å². The Morgan fingerprint density at radius 3 is 2.57 bits per heavy atom. The van der Waals surface area contributed by atoms with Crippen LogP contribution in [0.25, 0.3) is 0 Å². The fourth-order valence-corrected chi connectivity index (χ4v) is 3.89. The van der Waals surface area contributed by atoms with Crippen molar-refractivity contribution in [2.24, 2.45) is 5.10 Å². The standard InChI is InChI=1S/C25H31N5O7/c1-5-26-20-8-7-19(11-21(20)30(33)34)25(32)28-27-12-18-6-9-22(23(10-18)35-4)36-15-24(31)29-13-16(2)37-17(3)14-29/h6-12,16-17,26H,5,13-15H2,1-4H3,(H,28,32)/b27-12-/t16-,17-/m1/s1. The minimum atomic E-state index is -0.598. The molecule has 1 aliphatic rings. The molecule has 2 aromatic carbocycles. The van der Waals surface area contributed by atoms with E-state index in [0.717, 1.165) is 0 Å². The molecular formula is C25H31N5O7. The van der Waals surface area contributed by atoms with E-state index in [1.165, 1.54) is 31.5 Å². The Morgan fingerprint density at radius 1 is 1.19 bits per heavy atom.